The second kappa shape index (κ2) is 5.36. The number of carbonyl (C=O) groups is 1. The highest BCUT2D eigenvalue weighted by Gasteiger charge is 2.22. The number of aromatic nitrogens is 1. The fraction of sp³-hybridized carbons (Fsp3) is 0.333. The Morgan fingerprint density at radius 1 is 1.25 bits per heavy atom. The van der Waals surface area contributed by atoms with Crippen LogP contribution in [0, 0.1) is 0 Å². The fourth-order valence-corrected chi connectivity index (χ4v) is 2.63. The summed E-state index contributed by atoms with van der Waals surface area (Å²) in [6, 6.07) is 9.89. The molecule has 0 saturated carbocycles. The maximum atomic E-state index is 11.8. The number of amides is 1. The summed E-state index contributed by atoms with van der Waals surface area (Å²) in [6.45, 7) is 3.96. The molecule has 2 aromatic rings. The van der Waals surface area contributed by atoms with Gasteiger partial charge in [-0.15, -0.1) is 0 Å². The highest BCUT2D eigenvalue weighted by Crippen LogP contribution is 2.32. The van der Waals surface area contributed by atoms with Crippen LogP contribution in [0.3, 0.4) is 0 Å². The van der Waals surface area contributed by atoms with Crippen LogP contribution in [0.15, 0.2) is 41.1 Å². The second-order valence-electron chi connectivity index (χ2n) is 4.93. The summed E-state index contributed by atoms with van der Waals surface area (Å²) in [5.74, 6) is 0.0840. The van der Waals surface area contributed by atoms with Crippen molar-refractivity contribution in [3.8, 4) is 0 Å². The summed E-state index contributed by atoms with van der Waals surface area (Å²) in [5.41, 5.74) is 2.94. The zero-order chi connectivity index (χ0) is 13.9. The van der Waals surface area contributed by atoms with Crippen molar-refractivity contribution in [3.05, 3.63) is 42.3 Å². The van der Waals surface area contributed by atoms with Crippen molar-refractivity contribution >= 4 is 17.3 Å². The van der Waals surface area contributed by atoms with Gasteiger partial charge in [0.2, 0.25) is 5.91 Å². The molecule has 104 valence electrons. The first-order chi connectivity index (χ1) is 9.75. The molecule has 0 bridgehead atoms. The number of rotatable bonds is 2. The zero-order valence-corrected chi connectivity index (χ0v) is 11.5. The molecule has 1 amide bonds. The number of hydrogen-bond donors (Lipinski definition) is 0. The first-order valence-corrected chi connectivity index (χ1v) is 6.77. The Hall–Kier alpha value is -2.30. The summed E-state index contributed by atoms with van der Waals surface area (Å²) >= 11 is 0. The molecule has 5 nitrogen and oxygen atoms in total. The molecule has 1 aliphatic heterocycles. The van der Waals surface area contributed by atoms with Crippen molar-refractivity contribution in [1.29, 1.82) is 0 Å². The molecule has 0 atom stereocenters. The van der Waals surface area contributed by atoms with Gasteiger partial charge >= 0.3 is 0 Å². The predicted octanol–water partition coefficient (Wildman–Crippen LogP) is 2.44. The molecule has 3 rings (SSSR count). The van der Waals surface area contributed by atoms with E-state index >= 15 is 0 Å². The van der Waals surface area contributed by atoms with Gasteiger partial charge in [0, 0.05) is 26.1 Å². The van der Waals surface area contributed by atoms with Crippen LogP contribution in [-0.4, -0.2) is 24.2 Å². The van der Waals surface area contributed by atoms with E-state index in [4.69, 9.17) is 4.52 Å². The quantitative estimate of drug-likeness (QED) is 0.841. The van der Waals surface area contributed by atoms with Gasteiger partial charge in [0.25, 0.3) is 0 Å². The molecule has 0 unspecified atom stereocenters. The van der Waals surface area contributed by atoms with Crippen molar-refractivity contribution in [2.45, 2.75) is 19.9 Å². The largest absolute Gasteiger partial charge is 0.364 e. The van der Waals surface area contributed by atoms with Crippen LogP contribution >= 0.6 is 0 Å². The number of benzene rings is 1. The van der Waals surface area contributed by atoms with Crippen molar-refractivity contribution in [2.24, 2.45) is 0 Å². The third-order valence-corrected chi connectivity index (χ3v) is 3.55. The SMILES string of the molecule is CC(=O)N1CCCN(Cc2ccon2)c2ccccc21. The summed E-state index contributed by atoms with van der Waals surface area (Å²) in [4.78, 5) is 15.9. The van der Waals surface area contributed by atoms with Crippen molar-refractivity contribution in [2.75, 3.05) is 22.9 Å². The molecule has 0 saturated heterocycles. The van der Waals surface area contributed by atoms with Crippen LogP contribution < -0.4 is 9.80 Å². The van der Waals surface area contributed by atoms with E-state index in [2.05, 4.69) is 16.1 Å². The molecule has 20 heavy (non-hydrogen) atoms. The van der Waals surface area contributed by atoms with Gasteiger partial charge in [0.15, 0.2) is 0 Å². The van der Waals surface area contributed by atoms with Gasteiger partial charge in [-0.2, -0.15) is 0 Å². The molecule has 0 fully saturated rings. The number of para-hydroxylation sites is 2. The molecule has 0 radical (unpaired) electrons. The van der Waals surface area contributed by atoms with Crippen molar-refractivity contribution in [3.63, 3.8) is 0 Å². The Morgan fingerprint density at radius 2 is 2.05 bits per heavy atom. The van der Waals surface area contributed by atoms with Crippen molar-refractivity contribution < 1.29 is 9.32 Å². The summed E-state index contributed by atoms with van der Waals surface area (Å²) in [6.07, 6.45) is 2.52. The smallest absolute Gasteiger partial charge is 0.223 e. The minimum Gasteiger partial charge on any atom is -0.364 e. The lowest BCUT2D eigenvalue weighted by molar-refractivity contribution is -0.116. The Morgan fingerprint density at radius 3 is 2.75 bits per heavy atom. The molecular weight excluding hydrogens is 254 g/mol. The molecule has 0 N–H and O–H groups in total. The summed E-state index contributed by atoms with van der Waals surface area (Å²) in [7, 11) is 0. The van der Waals surface area contributed by atoms with E-state index in [0.29, 0.717) is 6.54 Å². The van der Waals surface area contributed by atoms with Crippen LogP contribution in [0.25, 0.3) is 0 Å². The Bertz CT molecular complexity index is 595. The molecule has 2 heterocycles. The lowest BCUT2D eigenvalue weighted by Gasteiger charge is -2.25. The van der Waals surface area contributed by atoms with Gasteiger partial charge in [-0.1, -0.05) is 17.3 Å². The van der Waals surface area contributed by atoms with E-state index < -0.39 is 0 Å². The van der Waals surface area contributed by atoms with Gasteiger partial charge < -0.3 is 14.3 Å². The monoisotopic (exact) mass is 271 g/mol. The Labute approximate surface area is 117 Å². The van der Waals surface area contributed by atoms with E-state index in [9.17, 15) is 4.79 Å². The van der Waals surface area contributed by atoms with Crippen molar-refractivity contribution in [1.82, 2.24) is 5.16 Å². The number of fused-ring (bicyclic) bond motifs is 1. The zero-order valence-electron chi connectivity index (χ0n) is 11.5. The highest BCUT2D eigenvalue weighted by atomic mass is 16.5. The van der Waals surface area contributed by atoms with Crippen LogP contribution in [0.4, 0.5) is 11.4 Å². The highest BCUT2D eigenvalue weighted by molar-refractivity contribution is 5.95. The molecule has 0 aliphatic carbocycles. The third kappa shape index (κ3) is 2.39. The van der Waals surface area contributed by atoms with E-state index in [0.717, 1.165) is 36.6 Å². The number of carbonyl (C=O) groups excluding carboxylic acids is 1. The summed E-state index contributed by atoms with van der Waals surface area (Å²) < 4.78 is 4.89. The maximum Gasteiger partial charge on any atom is 0.223 e. The molecule has 1 aromatic carbocycles. The van der Waals surface area contributed by atoms with Crippen LogP contribution in [0.1, 0.15) is 19.0 Å². The lowest BCUT2D eigenvalue weighted by Crippen LogP contribution is -2.28. The fourth-order valence-electron chi connectivity index (χ4n) is 2.63. The first kappa shape index (κ1) is 12.7. The van der Waals surface area contributed by atoms with Crippen LogP contribution in [0.5, 0.6) is 0 Å². The van der Waals surface area contributed by atoms with E-state index in [1.807, 2.05) is 29.2 Å². The Kier molecular flexibility index (Phi) is 3.41. The van der Waals surface area contributed by atoms with Gasteiger partial charge in [-0.3, -0.25) is 4.79 Å². The number of anilines is 2. The minimum absolute atomic E-state index is 0.0840. The number of nitrogens with zero attached hydrogens (tertiary/aromatic N) is 3. The number of hydrogen-bond acceptors (Lipinski definition) is 4. The van der Waals surface area contributed by atoms with Gasteiger partial charge in [-0.05, 0) is 18.6 Å². The second-order valence-corrected chi connectivity index (χ2v) is 4.93. The summed E-state index contributed by atoms with van der Waals surface area (Å²) in [5, 5.41) is 3.97. The minimum atomic E-state index is 0.0840. The predicted molar refractivity (Wildman–Crippen MR) is 76.6 cm³/mol. The maximum absolute atomic E-state index is 11.8. The first-order valence-electron chi connectivity index (χ1n) is 6.77. The normalized spacial score (nSPS) is 14.8. The van der Waals surface area contributed by atoms with Crippen LogP contribution in [0.2, 0.25) is 0 Å². The van der Waals surface area contributed by atoms with E-state index in [1.165, 1.54) is 0 Å². The van der Waals surface area contributed by atoms with E-state index in [-0.39, 0.29) is 5.91 Å². The van der Waals surface area contributed by atoms with Gasteiger partial charge in [0.05, 0.1) is 17.9 Å². The topological polar surface area (TPSA) is 49.6 Å². The molecule has 1 aromatic heterocycles. The third-order valence-electron chi connectivity index (χ3n) is 3.55. The average Bonchev–Trinajstić information content (AvgIpc) is 2.88. The average molecular weight is 271 g/mol. The standard InChI is InChI=1S/C15H17N3O2/c1-12(19)18-9-4-8-17(11-13-7-10-20-16-13)14-5-2-3-6-15(14)18/h2-3,5-7,10H,4,8-9,11H2,1H3. The molecule has 5 heteroatoms. The van der Waals surface area contributed by atoms with E-state index in [1.54, 1.807) is 13.2 Å². The Balaban J connectivity index is 1.95. The lowest BCUT2D eigenvalue weighted by atomic mass is 10.2. The van der Waals surface area contributed by atoms with Gasteiger partial charge in [-0.25, -0.2) is 0 Å². The molecule has 0 spiro atoms. The molecular formula is C15H17N3O2. The molecule has 1 aliphatic rings. The van der Waals surface area contributed by atoms with Gasteiger partial charge in [0.1, 0.15) is 12.0 Å². The van der Waals surface area contributed by atoms with Crippen LogP contribution in [-0.2, 0) is 11.3 Å².